The monoisotopic (exact) mass is 496 g/mol. The van der Waals surface area contributed by atoms with Crippen molar-refractivity contribution in [1.82, 2.24) is 0 Å². The standard InChI is InChI=1S/C23H20F4N2O4S/c1-34(31,32)29(14-16-4-2-3-5-21(16)24)19-10-12-20(13-11-19)33-15-22(30)28-18-8-6-17(7-9-18)23(25,26)27/h2-13H,14-15H2,1H3,(H,28,30). The third kappa shape index (κ3) is 6.70. The molecule has 0 fully saturated rings. The summed E-state index contributed by atoms with van der Waals surface area (Å²) in [6, 6.07) is 15.6. The number of rotatable bonds is 8. The number of anilines is 2. The molecule has 3 aromatic carbocycles. The van der Waals surface area contributed by atoms with Gasteiger partial charge in [-0.1, -0.05) is 18.2 Å². The number of nitrogens with one attached hydrogen (secondary N) is 1. The first-order valence-corrected chi connectivity index (χ1v) is 11.7. The Kier molecular flexibility index (Phi) is 7.45. The van der Waals surface area contributed by atoms with Gasteiger partial charge in [0.1, 0.15) is 11.6 Å². The fourth-order valence-corrected chi connectivity index (χ4v) is 3.86. The molecule has 0 aliphatic rings. The van der Waals surface area contributed by atoms with Gasteiger partial charge in [0.15, 0.2) is 6.61 Å². The van der Waals surface area contributed by atoms with Crippen LogP contribution in [0, 0.1) is 5.82 Å². The first kappa shape index (κ1) is 25.0. The number of carbonyl (C=O) groups excluding carboxylic acids is 1. The average molecular weight is 496 g/mol. The summed E-state index contributed by atoms with van der Waals surface area (Å²) in [5.74, 6) is -0.873. The molecule has 180 valence electrons. The lowest BCUT2D eigenvalue weighted by atomic mass is 10.2. The van der Waals surface area contributed by atoms with Crippen molar-refractivity contribution >= 4 is 27.3 Å². The minimum atomic E-state index is -4.47. The molecule has 0 heterocycles. The van der Waals surface area contributed by atoms with Crippen molar-refractivity contribution in [2.75, 3.05) is 22.5 Å². The van der Waals surface area contributed by atoms with E-state index in [0.717, 1.165) is 34.8 Å². The van der Waals surface area contributed by atoms with E-state index in [1.54, 1.807) is 6.07 Å². The Morgan fingerprint density at radius 3 is 2.15 bits per heavy atom. The number of ether oxygens (including phenoxy) is 1. The van der Waals surface area contributed by atoms with Crippen molar-refractivity contribution in [3.8, 4) is 5.75 Å². The quantitative estimate of drug-likeness (QED) is 0.454. The van der Waals surface area contributed by atoms with Crippen LogP contribution >= 0.6 is 0 Å². The molecule has 1 N–H and O–H groups in total. The average Bonchev–Trinajstić information content (AvgIpc) is 2.76. The van der Waals surface area contributed by atoms with Gasteiger partial charge >= 0.3 is 6.18 Å². The van der Waals surface area contributed by atoms with Gasteiger partial charge in [0, 0.05) is 11.3 Å². The predicted molar refractivity (Wildman–Crippen MR) is 119 cm³/mol. The number of benzene rings is 3. The van der Waals surface area contributed by atoms with Crippen LogP contribution in [0.1, 0.15) is 11.1 Å². The van der Waals surface area contributed by atoms with Gasteiger partial charge in [-0.15, -0.1) is 0 Å². The predicted octanol–water partition coefficient (Wildman–Crippen LogP) is 4.83. The summed E-state index contributed by atoms with van der Waals surface area (Å²) in [4.78, 5) is 12.0. The number of amides is 1. The number of hydrogen-bond donors (Lipinski definition) is 1. The van der Waals surface area contributed by atoms with Crippen molar-refractivity contribution in [1.29, 1.82) is 0 Å². The van der Waals surface area contributed by atoms with Gasteiger partial charge < -0.3 is 10.1 Å². The lowest BCUT2D eigenvalue weighted by Crippen LogP contribution is -2.29. The van der Waals surface area contributed by atoms with Crippen molar-refractivity contribution in [2.24, 2.45) is 0 Å². The van der Waals surface area contributed by atoms with Crippen molar-refractivity contribution in [2.45, 2.75) is 12.7 Å². The SMILES string of the molecule is CS(=O)(=O)N(Cc1ccccc1F)c1ccc(OCC(=O)Nc2ccc(C(F)(F)F)cc2)cc1. The smallest absolute Gasteiger partial charge is 0.416 e. The van der Waals surface area contributed by atoms with Gasteiger partial charge in [-0.25, -0.2) is 12.8 Å². The van der Waals surface area contributed by atoms with Crippen molar-refractivity contribution < 1.29 is 35.5 Å². The fraction of sp³-hybridized carbons (Fsp3) is 0.174. The summed E-state index contributed by atoms with van der Waals surface area (Å²) >= 11 is 0. The van der Waals surface area contributed by atoms with Crippen LogP contribution in [0.15, 0.2) is 72.8 Å². The van der Waals surface area contributed by atoms with Gasteiger partial charge in [-0.3, -0.25) is 9.10 Å². The zero-order chi connectivity index (χ0) is 24.9. The molecule has 1 amide bonds. The van der Waals surface area contributed by atoms with Crippen LogP contribution in [-0.4, -0.2) is 27.2 Å². The maximum atomic E-state index is 14.0. The first-order chi connectivity index (χ1) is 15.9. The molecule has 0 saturated heterocycles. The Balaban J connectivity index is 1.62. The number of carbonyl (C=O) groups is 1. The topological polar surface area (TPSA) is 75.7 Å². The minimum absolute atomic E-state index is 0.175. The molecule has 11 heteroatoms. The molecule has 0 radical (unpaired) electrons. The molecule has 0 aromatic heterocycles. The largest absolute Gasteiger partial charge is 0.484 e. The maximum absolute atomic E-state index is 14.0. The third-order valence-corrected chi connectivity index (χ3v) is 5.80. The molecule has 0 saturated carbocycles. The summed E-state index contributed by atoms with van der Waals surface area (Å²) in [6.07, 6.45) is -3.47. The van der Waals surface area contributed by atoms with E-state index in [1.165, 1.54) is 42.5 Å². The van der Waals surface area contributed by atoms with E-state index >= 15 is 0 Å². The van der Waals surface area contributed by atoms with Gasteiger partial charge in [-0.05, 0) is 54.6 Å². The highest BCUT2D eigenvalue weighted by molar-refractivity contribution is 7.92. The first-order valence-electron chi connectivity index (χ1n) is 9.84. The van der Waals surface area contributed by atoms with Gasteiger partial charge in [0.25, 0.3) is 5.91 Å². The maximum Gasteiger partial charge on any atom is 0.416 e. The van der Waals surface area contributed by atoms with Crippen molar-refractivity contribution in [3.05, 3.63) is 89.7 Å². The number of hydrogen-bond acceptors (Lipinski definition) is 4. The van der Waals surface area contributed by atoms with Crippen LogP contribution < -0.4 is 14.4 Å². The van der Waals surface area contributed by atoms with Crippen molar-refractivity contribution in [3.63, 3.8) is 0 Å². The summed E-state index contributed by atoms with van der Waals surface area (Å²) in [5.41, 5.74) is -0.186. The Hall–Kier alpha value is -3.60. The Morgan fingerprint density at radius 2 is 1.59 bits per heavy atom. The fourth-order valence-electron chi connectivity index (χ4n) is 2.98. The lowest BCUT2D eigenvalue weighted by molar-refractivity contribution is -0.137. The summed E-state index contributed by atoms with van der Waals surface area (Å²) < 4.78 is 82.7. The molecular weight excluding hydrogens is 476 g/mol. The zero-order valence-corrected chi connectivity index (χ0v) is 18.7. The highest BCUT2D eigenvalue weighted by Gasteiger charge is 2.30. The third-order valence-electron chi connectivity index (χ3n) is 4.66. The lowest BCUT2D eigenvalue weighted by Gasteiger charge is -2.23. The number of sulfonamides is 1. The van der Waals surface area contributed by atoms with E-state index in [9.17, 15) is 30.8 Å². The van der Waals surface area contributed by atoms with Crippen LogP contribution in [0.4, 0.5) is 28.9 Å². The van der Waals surface area contributed by atoms with E-state index in [0.29, 0.717) is 0 Å². The molecule has 0 unspecified atom stereocenters. The van der Waals surface area contributed by atoms with E-state index < -0.39 is 40.1 Å². The highest BCUT2D eigenvalue weighted by atomic mass is 32.2. The summed E-state index contributed by atoms with van der Waals surface area (Å²) in [7, 11) is -3.73. The second kappa shape index (κ2) is 10.1. The van der Waals surface area contributed by atoms with Crippen LogP contribution in [-0.2, 0) is 27.5 Å². The normalized spacial score (nSPS) is 11.7. The Labute approximate surface area is 193 Å². The molecule has 6 nitrogen and oxygen atoms in total. The summed E-state index contributed by atoms with van der Waals surface area (Å²) in [5, 5.41) is 2.42. The van der Waals surface area contributed by atoms with E-state index in [4.69, 9.17) is 4.74 Å². The molecule has 0 bridgehead atoms. The second-order valence-corrected chi connectivity index (χ2v) is 9.17. The van der Waals surface area contributed by atoms with E-state index in [2.05, 4.69) is 5.32 Å². The molecule has 3 rings (SSSR count). The van der Waals surface area contributed by atoms with Gasteiger partial charge in [-0.2, -0.15) is 13.2 Å². The van der Waals surface area contributed by atoms with Crippen LogP contribution in [0.2, 0.25) is 0 Å². The number of alkyl halides is 3. The Morgan fingerprint density at radius 1 is 0.971 bits per heavy atom. The van der Waals surface area contributed by atoms with E-state index in [1.807, 2.05) is 0 Å². The van der Waals surface area contributed by atoms with Gasteiger partial charge in [0.05, 0.1) is 24.1 Å². The molecule has 34 heavy (non-hydrogen) atoms. The highest BCUT2D eigenvalue weighted by Crippen LogP contribution is 2.30. The van der Waals surface area contributed by atoms with Gasteiger partial charge in [0.2, 0.25) is 10.0 Å². The Bertz CT molecular complexity index is 1250. The van der Waals surface area contributed by atoms with Crippen LogP contribution in [0.25, 0.3) is 0 Å². The zero-order valence-electron chi connectivity index (χ0n) is 17.8. The minimum Gasteiger partial charge on any atom is -0.484 e. The molecule has 0 spiro atoms. The molecule has 0 aliphatic carbocycles. The number of halogens is 4. The second-order valence-electron chi connectivity index (χ2n) is 7.27. The molecule has 0 aliphatic heterocycles. The van der Waals surface area contributed by atoms with Crippen LogP contribution in [0.5, 0.6) is 5.75 Å². The summed E-state index contributed by atoms with van der Waals surface area (Å²) in [6.45, 7) is -0.632. The van der Waals surface area contributed by atoms with E-state index in [-0.39, 0.29) is 29.2 Å². The molecule has 3 aromatic rings. The number of nitrogens with zero attached hydrogens (tertiary/aromatic N) is 1. The molecule has 0 atom stereocenters. The van der Waals surface area contributed by atoms with Crippen LogP contribution in [0.3, 0.4) is 0 Å². The molecular formula is C23H20F4N2O4S.